The van der Waals surface area contributed by atoms with Crippen LogP contribution in [0.25, 0.3) is 0 Å². The highest BCUT2D eigenvalue weighted by molar-refractivity contribution is 5.78. The second-order valence-electron chi connectivity index (χ2n) is 5.48. The van der Waals surface area contributed by atoms with E-state index in [1.807, 2.05) is 7.05 Å². The van der Waals surface area contributed by atoms with Crippen LogP contribution in [0.1, 0.15) is 26.7 Å². The normalized spacial score (nSPS) is 21.1. The van der Waals surface area contributed by atoms with Crippen LogP contribution in [0.5, 0.6) is 0 Å². The number of amides is 1. The van der Waals surface area contributed by atoms with Crippen LogP contribution in [0.15, 0.2) is 0 Å². The van der Waals surface area contributed by atoms with E-state index in [2.05, 4.69) is 29.4 Å². The van der Waals surface area contributed by atoms with Gasteiger partial charge < -0.3 is 10.6 Å². The van der Waals surface area contributed by atoms with Gasteiger partial charge in [-0.05, 0) is 44.8 Å². The van der Waals surface area contributed by atoms with E-state index in [1.165, 1.54) is 6.42 Å². The molecule has 0 spiro atoms. The van der Waals surface area contributed by atoms with Crippen LogP contribution in [0.3, 0.4) is 0 Å². The van der Waals surface area contributed by atoms with E-state index in [4.69, 9.17) is 0 Å². The standard InChI is InChI=1S/C13H27N3O/c1-11(2)4-6-15-13(17)10-16-7-5-12(9-16)8-14-3/h11-12,14H,4-10H2,1-3H3,(H,15,17). The molecule has 4 nitrogen and oxygen atoms in total. The summed E-state index contributed by atoms with van der Waals surface area (Å²) in [7, 11) is 1.99. The number of carbonyl (C=O) groups excluding carboxylic acids is 1. The Morgan fingerprint density at radius 3 is 2.88 bits per heavy atom. The van der Waals surface area contributed by atoms with Crippen LogP contribution in [0.4, 0.5) is 0 Å². The zero-order valence-electron chi connectivity index (χ0n) is 11.5. The molecule has 1 unspecified atom stereocenters. The lowest BCUT2D eigenvalue weighted by atomic mass is 10.1. The highest BCUT2D eigenvalue weighted by Gasteiger charge is 2.23. The molecule has 0 aliphatic carbocycles. The third-order valence-corrected chi connectivity index (χ3v) is 3.27. The van der Waals surface area contributed by atoms with Gasteiger partial charge in [-0.1, -0.05) is 13.8 Å². The van der Waals surface area contributed by atoms with E-state index in [1.54, 1.807) is 0 Å². The van der Waals surface area contributed by atoms with E-state index in [0.29, 0.717) is 18.4 Å². The first-order valence-corrected chi connectivity index (χ1v) is 6.75. The first-order chi connectivity index (χ1) is 8.11. The molecular weight excluding hydrogens is 214 g/mol. The molecule has 0 aromatic heterocycles. The van der Waals surface area contributed by atoms with Gasteiger partial charge in [-0.3, -0.25) is 9.69 Å². The SMILES string of the molecule is CNCC1CCN(CC(=O)NCCC(C)C)C1. The Morgan fingerprint density at radius 1 is 1.47 bits per heavy atom. The summed E-state index contributed by atoms with van der Waals surface area (Å²) in [5.41, 5.74) is 0. The maximum Gasteiger partial charge on any atom is 0.234 e. The van der Waals surface area contributed by atoms with Crippen molar-refractivity contribution in [2.75, 3.05) is 39.8 Å². The number of hydrogen-bond donors (Lipinski definition) is 2. The van der Waals surface area contributed by atoms with Crippen molar-refractivity contribution in [3.63, 3.8) is 0 Å². The van der Waals surface area contributed by atoms with Gasteiger partial charge in [0.25, 0.3) is 0 Å². The van der Waals surface area contributed by atoms with Gasteiger partial charge in [0.1, 0.15) is 0 Å². The van der Waals surface area contributed by atoms with Gasteiger partial charge in [-0.2, -0.15) is 0 Å². The molecule has 1 amide bonds. The average Bonchev–Trinajstić information content (AvgIpc) is 2.65. The summed E-state index contributed by atoms with van der Waals surface area (Å²) in [6, 6.07) is 0. The Kier molecular flexibility index (Phi) is 6.52. The Bertz CT molecular complexity index is 231. The number of carbonyl (C=O) groups is 1. The molecule has 1 heterocycles. The summed E-state index contributed by atoms with van der Waals surface area (Å²) >= 11 is 0. The lowest BCUT2D eigenvalue weighted by Crippen LogP contribution is -2.37. The number of nitrogens with one attached hydrogen (secondary N) is 2. The van der Waals surface area contributed by atoms with Crippen molar-refractivity contribution in [3.05, 3.63) is 0 Å². The molecule has 1 aliphatic rings. The third kappa shape index (κ3) is 6.03. The number of likely N-dealkylation sites (tertiary alicyclic amines) is 1. The van der Waals surface area contributed by atoms with Gasteiger partial charge in [-0.15, -0.1) is 0 Å². The molecule has 1 saturated heterocycles. The van der Waals surface area contributed by atoms with E-state index in [-0.39, 0.29) is 5.91 Å². The number of hydrogen-bond acceptors (Lipinski definition) is 3. The van der Waals surface area contributed by atoms with Crippen LogP contribution >= 0.6 is 0 Å². The molecule has 4 heteroatoms. The maximum absolute atomic E-state index is 11.7. The molecule has 1 aliphatic heterocycles. The second kappa shape index (κ2) is 7.67. The molecule has 0 radical (unpaired) electrons. The fraction of sp³-hybridized carbons (Fsp3) is 0.923. The van der Waals surface area contributed by atoms with Gasteiger partial charge in [0, 0.05) is 13.1 Å². The summed E-state index contributed by atoms with van der Waals surface area (Å²) in [4.78, 5) is 13.9. The molecule has 0 saturated carbocycles. The van der Waals surface area contributed by atoms with Gasteiger partial charge in [0.15, 0.2) is 0 Å². The minimum atomic E-state index is 0.177. The lowest BCUT2D eigenvalue weighted by molar-refractivity contribution is -0.122. The summed E-state index contributed by atoms with van der Waals surface area (Å²) in [6.07, 6.45) is 2.27. The second-order valence-corrected chi connectivity index (χ2v) is 5.48. The Hall–Kier alpha value is -0.610. The van der Waals surface area contributed by atoms with Crippen molar-refractivity contribution < 1.29 is 4.79 Å². The maximum atomic E-state index is 11.7. The molecule has 2 N–H and O–H groups in total. The van der Waals surface area contributed by atoms with Crippen LogP contribution in [-0.4, -0.2) is 50.6 Å². The topological polar surface area (TPSA) is 44.4 Å². The van der Waals surface area contributed by atoms with Gasteiger partial charge in [0.05, 0.1) is 6.54 Å². The predicted molar refractivity (Wildman–Crippen MR) is 70.9 cm³/mol. The summed E-state index contributed by atoms with van der Waals surface area (Å²) in [6.45, 7) is 8.90. The molecule has 17 heavy (non-hydrogen) atoms. The van der Waals surface area contributed by atoms with Crippen molar-refractivity contribution in [1.29, 1.82) is 0 Å². The number of rotatable bonds is 7. The van der Waals surface area contributed by atoms with Crippen molar-refractivity contribution in [1.82, 2.24) is 15.5 Å². The van der Waals surface area contributed by atoms with Crippen molar-refractivity contribution in [3.8, 4) is 0 Å². The van der Waals surface area contributed by atoms with Crippen molar-refractivity contribution in [2.24, 2.45) is 11.8 Å². The van der Waals surface area contributed by atoms with Crippen LogP contribution in [-0.2, 0) is 4.79 Å². The first kappa shape index (κ1) is 14.5. The molecule has 100 valence electrons. The Labute approximate surface area is 105 Å². The molecule has 1 fully saturated rings. The molecule has 1 rings (SSSR count). The monoisotopic (exact) mass is 241 g/mol. The quantitative estimate of drug-likeness (QED) is 0.689. The van der Waals surface area contributed by atoms with Crippen LogP contribution in [0.2, 0.25) is 0 Å². The largest absolute Gasteiger partial charge is 0.355 e. The lowest BCUT2D eigenvalue weighted by Gasteiger charge is -2.16. The Morgan fingerprint density at radius 2 is 2.24 bits per heavy atom. The first-order valence-electron chi connectivity index (χ1n) is 6.75. The summed E-state index contributed by atoms with van der Waals surface area (Å²) in [5, 5.41) is 6.19. The highest BCUT2D eigenvalue weighted by atomic mass is 16.2. The average molecular weight is 241 g/mol. The molecular formula is C13H27N3O. The predicted octanol–water partition coefficient (Wildman–Crippen LogP) is 0.690. The fourth-order valence-electron chi connectivity index (χ4n) is 2.27. The Balaban J connectivity index is 2.11. The van der Waals surface area contributed by atoms with Gasteiger partial charge >= 0.3 is 0 Å². The zero-order chi connectivity index (χ0) is 12.7. The fourth-order valence-corrected chi connectivity index (χ4v) is 2.27. The molecule has 0 aromatic rings. The van der Waals surface area contributed by atoms with Crippen molar-refractivity contribution in [2.45, 2.75) is 26.7 Å². The minimum absolute atomic E-state index is 0.177. The number of nitrogens with zero attached hydrogens (tertiary/aromatic N) is 1. The van der Waals surface area contributed by atoms with Gasteiger partial charge in [-0.25, -0.2) is 0 Å². The summed E-state index contributed by atoms with van der Waals surface area (Å²) in [5.74, 6) is 1.54. The molecule has 0 bridgehead atoms. The highest BCUT2D eigenvalue weighted by Crippen LogP contribution is 2.14. The summed E-state index contributed by atoms with van der Waals surface area (Å²) < 4.78 is 0. The van der Waals surface area contributed by atoms with Crippen LogP contribution < -0.4 is 10.6 Å². The third-order valence-electron chi connectivity index (χ3n) is 3.27. The van der Waals surface area contributed by atoms with E-state index in [9.17, 15) is 4.79 Å². The van der Waals surface area contributed by atoms with Gasteiger partial charge in [0.2, 0.25) is 5.91 Å². The van der Waals surface area contributed by atoms with E-state index in [0.717, 1.165) is 32.6 Å². The smallest absolute Gasteiger partial charge is 0.234 e. The molecule has 0 aromatic carbocycles. The molecule has 1 atom stereocenters. The van der Waals surface area contributed by atoms with E-state index >= 15 is 0 Å². The van der Waals surface area contributed by atoms with Crippen LogP contribution in [0, 0.1) is 11.8 Å². The van der Waals surface area contributed by atoms with Crippen molar-refractivity contribution >= 4 is 5.91 Å². The minimum Gasteiger partial charge on any atom is -0.355 e. The van der Waals surface area contributed by atoms with E-state index < -0.39 is 0 Å². The zero-order valence-corrected chi connectivity index (χ0v) is 11.5.